The van der Waals surface area contributed by atoms with Crippen LogP contribution in [0.3, 0.4) is 0 Å². The summed E-state index contributed by atoms with van der Waals surface area (Å²) in [5.74, 6) is 1.75. The van der Waals surface area contributed by atoms with Crippen LogP contribution >= 0.6 is 11.8 Å². The molecule has 0 amide bonds. The van der Waals surface area contributed by atoms with Crippen molar-refractivity contribution in [3.05, 3.63) is 29.3 Å². The number of nitrogens with one attached hydrogen (secondary N) is 2. The molecular weight excluding hydrogens is 322 g/mol. The normalized spacial score (nSPS) is 19.2. The summed E-state index contributed by atoms with van der Waals surface area (Å²) in [5.41, 5.74) is 2.33. The Morgan fingerprint density at radius 3 is 2.96 bits per heavy atom. The number of rotatable bonds is 7. The summed E-state index contributed by atoms with van der Waals surface area (Å²) >= 11 is 1.84. The van der Waals surface area contributed by atoms with Crippen molar-refractivity contribution >= 4 is 17.7 Å². The molecule has 24 heavy (non-hydrogen) atoms. The summed E-state index contributed by atoms with van der Waals surface area (Å²) < 4.78 is 11.5. The van der Waals surface area contributed by atoms with Crippen molar-refractivity contribution in [2.45, 2.75) is 38.2 Å². The first-order valence-corrected chi connectivity index (χ1v) is 9.72. The lowest BCUT2D eigenvalue weighted by Crippen LogP contribution is -2.39. The molecule has 2 atom stereocenters. The van der Waals surface area contributed by atoms with Crippen molar-refractivity contribution in [3.8, 4) is 5.75 Å². The molecule has 1 aromatic rings. The van der Waals surface area contributed by atoms with E-state index in [4.69, 9.17) is 9.47 Å². The van der Waals surface area contributed by atoms with Crippen molar-refractivity contribution in [3.63, 3.8) is 0 Å². The Morgan fingerprint density at radius 1 is 1.46 bits per heavy atom. The van der Waals surface area contributed by atoms with Gasteiger partial charge in [0.25, 0.3) is 0 Å². The van der Waals surface area contributed by atoms with Gasteiger partial charge in [-0.2, -0.15) is 11.8 Å². The Bertz CT molecular complexity index is 545. The maximum Gasteiger partial charge on any atom is 0.191 e. The van der Waals surface area contributed by atoms with Crippen LogP contribution in [-0.2, 0) is 11.3 Å². The highest BCUT2D eigenvalue weighted by atomic mass is 32.2. The molecule has 6 heteroatoms. The third kappa shape index (κ3) is 5.91. The Kier molecular flexibility index (Phi) is 7.72. The number of aliphatic imine (C=N–C) groups is 1. The lowest BCUT2D eigenvalue weighted by molar-refractivity contribution is 0.140. The Morgan fingerprint density at radius 2 is 2.29 bits per heavy atom. The van der Waals surface area contributed by atoms with Gasteiger partial charge in [0.1, 0.15) is 11.9 Å². The Labute approximate surface area is 149 Å². The first-order valence-electron chi connectivity index (χ1n) is 8.43. The van der Waals surface area contributed by atoms with Gasteiger partial charge >= 0.3 is 0 Å². The van der Waals surface area contributed by atoms with Crippen molar-refractivity contribution in [1.29, 1.82) is 0 Å². The molecule has 1 aliphatic heterocycles. The van der Waals surface area contributed by atoms with E-state index in [0.717, 1.165) is 36.8 Å². The fraction of sp³-hybridized carbons (Fsp3) is 0.611. The second-order valence-corrected chi connectivity index (χ2v) is 7.34. The predicted octanol–water partition coefficient (Wildman–Crippen LogP) is 2.58. The molecule has 0 aromatic heterocycles. The van der Waals surface area contributed by atoms with E-state index in [1.165, 1.54) is 5.56 Å². The first-order chi connectivity index (χ1) is 11.6. The summed E-state index contributed by atoms with van der Waals surface area (Å²) in [6, 6.07) is 6.33. The van der Waals surface area contributed by atoms with Gasteiger partial charge in [-0.3, -0.25) is 4.99 Å². The summed E-state index contributed by atoms with van der Waals surface area (Å²) in [6.45, 7) is 7.30. The quantitative estimate of drug-likeness (QED) is 0.584. The average molecular weight is 352 g/mol. The average Bonchev–Trinajstić information content (AvgIpc) is 3.09. The Hall–Kier alpha value is -1.40. The van der Waals surface area contributed by atoms with E-state index in [1.807, 2.05) is 11.8 Å². The lowest BCUT2D eigenvalue weighted by Gasteiger charge is -2.18. The minimum absolute atomic E-state index is 0.158. The smallest absolute Gasteiger partial charge is 0.191 e. The van der Waals surface area contributed by atoms with Crippen molar-refractivity contribution < 1.29 is 9.47 Å². The fourth-order valence-corrected chi connectivity index (χ4v) is 2.68. The molecule has 5 nitrogen and oxygen atoms in total. The van der Waals surface area contributed by atoms with Crippen LogP contribution < -0.4 is 15.4 Å². The third-order valence-corrected chi connectivity index (χ3v) is 5.00. The minimum atomic E-state index is 0.158. The van der Waals surface area contributed by atoms with E-state index in [-0.39, 0.29) is 6.10 Å². The molecule has 1 heterocycles. The van der Waals surface area contributed by atoms with Gasteiger partial charge in [-0.15, -0.1) is 0 Å². The van der Waals surface area contributed by atoms with Crippen LogP contribution in [0.2, 0.25) is 0 Å². The molecule has 2 unspecified atom stereocenters. The number of thioether (sulfide) groups is 1. The van der Waals surface area contributed by atoms with E-state index >= 15 is 0 Å². The van der Waals surface area contributed by atoms with Crippen LogP contribution in [0.25, 0.3) is 0 Å². The first kappa shape index (κ1) is 18.9. The van der Waals surface area contributed by atoms with Crippen LogP contribution in [0.5, 0.6) is 5.75 Å². The molecule has 1 fully saturated rings. The fourth-order valence-electron chi connectivity index (χ4n) is 2.43. The van der Waals surface area contributed by atoms with Crippen molar-refractivity contribution in [1.82, 2.24) is 10.6 Å². The van der Waals surface area contributed by atoms with Crippen molar-refractivity contribution in [2.24, 2.45) is 4.99 Å². The number of ether oxygens (including phenoxy) is 2. The maximum atomic E-state index is 6.14. The molecule has 2 rings (SSSR count). The molecule has 0 aliphatic carbocycles. The molecule has 1 saturated heterocycles. The van der Waals surface area contributed by atoms with E-state index in [2.05, 4.69) is 53.9 Å². The van der Waals surface area contributed by atoms with Gasteiger partial charge in [-0.25, -0.2) is 0 Å². The number of nitrogens with zero attached hydrogens (tertiary/aromatic N) is 1. The topological polar surface area (TPSA) is 54.9 Å². The number of benzene rings is 1. The zero-order chi connectivity index (χ0) is 17.4. The second kappa shape index (κ2) is 9.79. The molecule has 1 aromatic carbocycles. The zero-order valence-electron chi connectivity index (χ0n) is 15.1. The van der Waals surface area contributed by atoms with Gasteiger partial charge in [-0.05, 0) is 24.8 Å². The van der Waals surface area contributed by atoms with Gasteiger partial charge in [0, 0.05) is 37.4 Å². The third-order valence-electron chi connectivity index (χ3n) is 4.03. The van der Waals surface area contributed by atoms with E-state index in [0.29, 0.717) is 18.4 Å². The molecule has 134 valence electrons. The van der Waals surface area contributed by atoms with E-state index in [9.17, 15) is 0 Å². The monoisotopic (exact) mass is 351 g/mol. The highest BCUT2D eigenvalue weighted by Crippen LogP contribution is 2.23. The van der Waals surface area contributed by atoms with Gasteiger partial charge in [0.15, 0.2) is 5.96 Å². The summed E-state index contributed by atoms with van der Waals surface area (Å²) in [6.07, 6.45) is 3.23. The SMILES string of the molecule is CN=C(NCc1ccc(C)cc1OC1CCOC1)NCC(C)SC. The van der Waals surface area contributed by atoms with E-state index < -0.39 is 0 Å². The highest BCUT2D eigenvalue weighted by Gasteiger charge is 2.18. The molecule has 1 aliphatic rings. The highest BCUT2D eigenvalue weighted by molar-refractivity contribution is 7.99. The largest absolute Gasteiger partial charge is 0.488 e. The Balaban J connectivity index is 1.95. The molecule has 2 N–H and O–H groups in total. The van der Waals surface area contributed by atoms with Crippen LogP contribution in [-0.4, -0.2) is 50.4 Å². The molecule has 0 bridgehead atoms. The van der Waals surface area contributed by atoms with Gasteiger partial charge in [-0.1, -0.05) is 19.1 Å². The molecule has 0 spiro atoms. The number of hydrogen-bond donors (Lipinski definition) is 2. The standard InChI is InChI=1S/C18H29N3O2S/c1-13-5-6-15(17(9-13)23-16-7-8-22-12-16)11-21-18(19-3)20-10-14(2)24-4/h5-6,9,14,16H,7-8,10-12H2,1-4H3,(H2,19,20,21). The van der Waals surface area contributed by atoms with Crippen LogP contribution in [0, 0.1) is 6.92 Å². The summed E-state index contributed by atoms with van der Waals surface area (Å²) in [4.78, 5) is 4.28. The number of aryl methyl sites for hydroxylation is 1. The lowest BCUT2D eigenvalue weighted by atomic mass is 10.1. The molecule has 0 saturated carbocycles. The van der Waals surface area contributed by atoms with Crippen LogP contribution in [0.4, 0.5) is 0 Å². The number of guanidine groups is 1. The zero-order valence-corrected chi connectivity index (χ0v) is 15.9. The van der Waals surface area contributed by atoms with Gasteiger partial charge in [0.05, 0.1) is 13.2 Å². The van der Waals surface area contributed by atoms with Gasteiger partial charge < -0.3 is 20.1 Å². The minimum Gasteiger partial charge on any atom is -0.488 e. The number of hydrogen-bond acceptors (Lipinski definition) is 4. The maximum absolute atomic E-state index is 6.14. The predicted molar refractivity (Wildman–Crippen MR) is 102 cm³/mol. The van der Waals surface area contributed by atoms with Crippen molar-refractivity contribution in [2.75, 3.05) is 33.1 Å². The molecular formula is C18H29N3O2S. The summed E-state index contributed by atoms with van der Waals surface area (Å²) in [5, 5.41) is 7.27. The van der Waals surface area contributed by atoms with Crippen LogP contribution in [0.1, 0.15) is 24.5 Å². The second-order valence-electron chi connectivity index (χ2n) is 6.07. The van der Waals surface area contributed by atoms with Gasteiger partial charge in [0.2, 0.25) is 0 Å². The van der Waals surface area contributed by atoms with E-state index in [1.54, 1.807) is 7.05 Å². The van der Waals surface area contributed by atoms with Crippen LogP contribution in [0.15, 0.2) is 23.2 Å². The molecule has 0 radical (unpaired) electrons. The summed E-state index contributed by atoms with van der Waals surface area (Å²) in [7, 11) is 1.79.